The van der Waals surface area contributed by atoms with Crippen LogP contribution >= 0.6 is 11.3 Å². The Kier molecular flexibility index (Phi) is 6.62. The molecule has 0 atom stereocenters. The average Bonchev–Trinajstić information content (AvgIpc) is 3.51. The molecule has 1 fully saturated rings. The van der Waals surface area contributed by atoms with Gasteiger partial charge in [-0.25, -0.2) is 4.79 Å². The summed E-state index contributed by atoms with van der Waals surface area (Å²) in [6, 6.07) is 24.3. The van der Waals surface area contributed by atoms with Gasteiger partial charge in [-0.3, -0.25) is 4.79 Å². The van der Waals surface area contributed by atoms with E-state index in [9.17, 15) is 14.7 Å². The Hall–Kier alpha value is -4.43. The number of rotatable bonds is 6. The molecular formula is C31H28N4O3S. The normalized spacial score (nSPS) is 13.3. The number of fused-ring (bicyclic) bond motifs is 1. The van der Waals surface area contributed by atoms with Crippen molar-refractivity contribution in [2.75, 3.05) is 5.32 Å². The van der Waals surface area contributed by atoms with Gasteiger partial charge in [-0.05, 0) is 61.0 Å². The summed E-state index contributed by atoms with van der Waals surface area (Å²) in [5.41, 5.74) is 4.50. The summed E-state index contributed by atoms with van der Waals surface area (Å²) in [4.78, 5) is 26.6. The van der Waals surface area contributed by atoms with Crippen LogP contribution in [0.15, 0.2) is 78.9 Å². The van der Waals surface area contributed by atoms with Crippen LogP contribution in [0.2, 0.25) is 0 Å². The van der Waals surface area contributed by atoms with E-state index in [1.807, 2.05) is 67.6 Å². The Bertz CT molecular complexity index is 1670. The maximum Gasteiger partial charge on any atom is 0.342 e. The van der Waals surface area contributed by atoms with Crippen LogP contribution in [0, 0.1) is 6.92 Å². The van der Waals surface area contributed by atoms with Gasteiger partial charge in [0.05, 0.1) is 16.3 Å². The van der Waals surface area contributed by atoms with Crippen molar-refractivity contribution >= 4 is 39.0 Å². The van der Waals surface area contributed by atoms with Crippen molar-refractivity contribution in [3.63, 3.8) is 0 Å². The fraction of sp³-hybridized carbons (Fsp3) is 0.194. The zero-order valence-electron chi connectivity index (χ0n) is 21.5. The monoisotopic (exact) mass is 536 g/mol. The molecule has 8 heteroatoms. The lowest BCUT2D eigenvalue weighted by Crippen LogP contribution is -2.31. The van der Waals surface area contributed by atoms with Crippen molar-refractivity contribution in [3.8, 4) is 17.0 Å². The number of nitrogens with zero attached hydrogens (tertiary/aromatic N) is 2. The first-order valence-corrected chi connectivity index (χ1v) is 13.8. The molecular weight excluding hydrogens is 508 g/mol. The Balaban J connectivity index is 1.21. The van der Waals surface area contributed by atoms with E-state index in [1.165, 1.54) is 22.1 Å². The van der Waals surface area contributed by atoms with Gasteiger partial charge in [0.25, 0.3) is 5.91 Å². The number of benzene rings is 3. The van der Waals surface area contributed by atoms with Crippen LogP contribution < -0.4 is 10.6 Å². The highest BCUT2D eigenvalue weighted by Gasteiger charge is 2.27. The average molecular weight is 537 g/mol. The van der Waals surface area contributed by atoms with E-state index in [1.54, 1.807) is 12.1 Å². The number of aryl methyl sites for hydroxylation is 1. The molecule has 1 aliphatic rings. The van der Waals surface area contributed by atoms with Gasteiger partial charge >= 0.3 is 6.03 Å². The van der Waals surface area contributed by atoms with Crippen LogP contribution in [-0.4, -0.2) is 26.8 Å². The topological polar surface area (TPSA) is 96.3 Å². The molecule has 0 aliphatic heterocycles. The van der Waals surface area contributed by atoms with Crippen molar-refractivity contribution < 1.29 is 14.7 Å². The van der Waals surface area contributed by atoms with E-state index in [-0.39, 0.29) is 23.6 Å². The van der Waals surface area contributed by atoms with Gasteiger partial charge in [0.2, 0.25) is 0 Å². The van der Waals surface area contributed by atoms with Crippen LogP contribution in [0.5, 0.6) is 5.75 Å². The molecule has 0 radical (unpaired) electrons. The van der Waals surface area contributed by atoms with Crippen molar-refractivity contribution in [3.05, 3.63) is 101 Å². The number of nitrogens with one attached hydrogen (secondary N) is 2. The first-order valence-electron chi connectivity index (χ1n) is 13.0. The van der Waals surface area contributed by atoms with Crippen LogP contribution in [0.25, 0.3) is 21.3 Å². The number of phenols is 1. The van der Waals surface area contributed by atoms with Gasteiger partial charge in [0.15, 0.2) is 0 Å². The lowest BCUT2D eigenvalue weighted by atomic mass is 9.82. The van der Waals surface area contributed by atoms with Crippen molar-refractivity contribution in [1.29, 1.82) is 0 Å². The molecule has 2 heterocycles. The number of aromatic nitrogens is 2. The summed E-state index contributed by atoms with van der Waals surface area (Å²) in [6.45, 7) is 2.42. The number of anilines is 1. The molecule has 0 spiro atoms. The lowest BCUT2D eigenvalue weighted by Gasteiger charge is -2.25. The summed E-state index contributed by atoms with van der Waals surface area (Å²) < 4.78 is 2.48. The molecule has 196 valence electrons. The number of amides is 2. The predicted molar refractivity (Wildman–Crippen MR) is 155 cm³/mol. The summed E-state index contributed by atoms with van der Waals surface area (Å²) in [7, 11) is 0. The van der Waals surface area contributed by atoms with Crippen LogP contribution in [0.1, 0.15) is 51.7 Å². The van der Waals surface area contributed by atoms with Crippen molar-refractivity contribution in [2.45, 2.75) is 38.6 Å². The highest BCUT2D eigenvalue weighted by atomic mass is 32.1. The molecule has 0 saturated heterocycles. The van der Waals surface area contributed by atoms with E-state index in [0.29, 0.717) is 28.4 Å². The third-order valence-electron chi connectivity index (χ3n) is 7.16. The second-order valence-electron chi connectivity index (χ2n) is 9.98. The molecule has 7 nitrogen and oxygen atoms in total. The van der Waals surface area contributed by atoms with E-state index < -0.39 is 0 Å². The molecule has 2 amide bonds. The Labute approximate surface area is 230 Å². The fourth-order valence-corrected chi connectivity index (χ4v) is 5.83. The molecule has 3 aromatic carbocycles. The molecule has 1 saturated carbocycles. The fourth-order valence-electron chi connectivity index (χ4n) is 4.87. The quantitative estimate of drug-likeness (QED) is 0.217. The highest BCUT2D eigenvalue weighted by Crippen LogP contribution is 2.39. The van der Waals surface area contributed by atoms with Crippen LogP contribution in [0.4, 0.5) is 10.5 Å². The maximum atomic E-state index is 13.2. The Morgan fingerprint density at radius 3 is 2.62 bits per heavy atom. The minimum absolute atomic E-state index is 0.0193. The minimum atomic E-state index is -0.295. The Morgan fingerprint density at radius 1 is 1.03 bits per heavy atom. The first kappa shape index (κ1) is 24.9. The molecule has 39 heavy (non-hydrogen) atoms. The van der Waals surface area contributed by atoms with E-state index in [0.717, 1.165) is 46.2 Å². The van der Waals surface area contributed by atoms with Gasteiger partial charge in [-0.1, -0.05) is 54.4 Å². The van der Waals surface area contributed by atoms with E-state index >= 15 is 0 Å². The molecule has 1 aliphatic carbocycles. The standard InChI is InChI=1S/C31H28N4O3S/c1-19-6-4-7-20(14-19)18-32-31(38)35-26(21-9-5-10-21)17-25(34-35)24-13-12-23(16-27(24)36)33-30(37)29-15-22-8-2-3-11-28(22)39-29/h2-4,6-8,11-17,21,36H,5,9-10,18H2,1H3,(H,32,38)(H,33,37). The number of carbonyl (C=O) groups is 2. The van der Waals surface area contributed by atoms with E-state index in [4.69, 9.17) is 0 Å². The third kappa shape index (κ3) is 5.15. The first-order chi connectivity index (χ1) is 18.9. The second-order valence-corrected chi connectivity index (χ2v) is 11.1. The number of hydrogen-bond donors (Lipinski definition) is 3. The van der Waals surface area contributed by atoms with Crippen LogP contribution in [0.3, 0.4) is 0 Å². The van der Waals surface area contributed by atoms with Gasteiger partial charge in [-0.15, -0.1) is 11.3 Å². The van der Waals surface area contributed by atoms with Gasteiger partial charge in [0, 0.05) is 34.5 Å². The molecule has 3 N–H and O–H groups in total. The molecule has 0 unspecified atom stereocenters. The minimum Gasteiger partial charge on any atom is -0.507 e. The second kappa shape index (κ2) is 10.4. The predicted octanol–water partition coefficient (Wildman–Crippen LogP) is 7.06. The highest BCUT2D eigenvalue weighted by molar-refractivity contribution is 7.20. The van der Waals surface area contributed by atoms with Crippen molar-refractivity contribution in [1.82, 2.24) is 15.1 Å². The zero-order valence-corrected chi connectivity index (χ0v) is 22.3. The molecule has 6 rings (SSSR count). The van der Waals surface area contributed by atoms with Gasteiger partial charge in [0.1, 0.15) is 5.75 Å². The van der Waals surface area contributed by atoms with E-state index in [2.05, 4.69) is 15.7 Å². The van der Waals surface area contributed by atoms with Crippen molar-refractivity contribution in [2.24, 2.45) is 0 Å². The maximum absolute atomic E-state index is 13.2. The van der Waals surface area contributed by atoms with Gasteiger partial charge < -0.3 is 15.7 Å². The summed E-state index contributed by atoms with van der Waals surface area (Å²) >= 11 is 1.42. The number of thiophene rings is 1. The SMILES string of the molecule is Cc1cccc(CNC(=O)n2nc(-c3ccc(NC(=O)c4cc5ccccc5s4)cc3O)cc2C2CCC2)c1. The number of hydrogen-bond acceptors (Lipinski definition) is 5. The lowest BCUT2D eigenvalue weighted by molar-refractivity contribution is 0.103. The zero-order chi connectivity index (χ0) is 26.9. The molecule has 0 bridgehead atoms. The number of carbonyl (C=O) groups excluding carboxylic acids is 2. The summed E-state index contributed by atoms with van der Waals surface area (Å²) in [6.07, 6.45) is 3.13. The van der Waals surface area contributed by atoms with Crippen LogP contribution in [-0.2, 0) is 6.54 Å². The summed E-state index contributed by atoms with van der Waals surface area (Å²) in [5.74, 6) is 0.0114. The number of phenolic OH excluding ortho intramolecular Hbond substituents is 1. The van der Waals surface area contributed by atoms with Gasteiger partial charge in [-0.2, -0.15) is 9.78 Å². The smallest absolute Gasteiger partial charge is 0.342 e. The third-order valence-corrected chi connectivity index (χ3v) is 8.27. The Morgan fingerprint density at radius 2 is 1.87 bits per heavy atom. The molecule has 2 aromatic heterocycles. The number of aromatic hydroxyl groups is 1. The largest absolute Gasteiger partial charge is 0.507 e. The summed E-state index contributed by atoms with van der Waals surface area (Å²) in [5, 5.41) is 22.3. The molecule has 5 aromatic rings.